The van der Waals surface area contributed by atoms with Crippen LogP contribution in [0.4, 0.5) is 4.39 Å². The van der Waals surface area contributed by atoms with Crippen LogP contribution in [0.2, 0.25) is 0 Å². The smallest absolute Gasteiger partial charge is 0.154 e. The summed E-state index contributed by atoms with van der Waals surface area (Å²) >= 11 is 0. The minimum Gasteiger partial charge on any atom is -0.463 e. The van der Waals surface area contributed by atoms with E-state index in [1.807, 2.05) is 41.8 Å². The van der Waals surface area contributed by atoms with Gasteiger partial charge in [-0.3, -0.25) is 9.56 Å². The topological polar surface area (TPSA) is 43.3 Å². The lowest BCUT2D eigenvalue weighted by molar-refractivity contribution is 0.578. The van der Waals surface area contributed by atoms with Crippen molar-refractivity contribution in [3.63, 3.8) is 0 Å². The highest BCUT2D eigenvalue weighted by atomic mass is 19.1. The number of furan rings is 1. The average molecular weight is 381 g/mol. The molecule has 1 atom stereocenters. The van der Waals surface area contributed by atoms with Gasteiger partial charge in [0, 0.05) is 16.7 Å². The van der Waals surface area contributed by atoms with E-state index in [-0.39, 0.29) is 11.9 Å². The Labute approximate surface area is 167 Å². The van der Waals surface area contributed by atoms with Crippen LogP contribution in [0.25, 0.3) is 17.1 Å². The number of halogens is 1. The maximum Gasteiger partial charge on any atom is 0.154 e. The van der Waals surface area contributed by atoms with E-state index < -0.39 is 0 Å². The zero-order valence-electron chi connectivity index (χ0n) is 15.6. The quantitative estimate of drug-likeness (QED) is 0.450. The van der Waals surface area contributed by atoms with Crippen molar-refractivity contribution < 1.29 is 8.81 Å². The van der Waals surface area contributed by atoms with E-state index in [2.05, 4.69) is 10.9 Å². The number of nitrogens with zero attached hydrogens (tertiary/aromatic N) is 3. The number of rotatable bonds is 2. The zero-order valence-corrected chi connectivity index (χ0v) is 15.6. The minimum atomic E-state index is -0.327. The van der Waals surface area contributed by atoms with Crippen molar-refractivity contribution in [1.82, 2.24) is 9.55 Å². The second-order valence-corrected chi connectivity index (χ2v) is 6.84. The summed E-state index contributed by atoms with van der Waals surface area (Å²) in [7, 11) is 0. The standard InChI is InChI=1S/C24H16FN3O/c1-3-16-10-11-20-18(13-16)22(17-7-4-5-8-19(17)25)27-15(2)24-23(26-14-28(20)24)21-9-6-12-29-21/h1,4-15H,2H3/t15-/m0/s1. The molecule has 0 saturated carbocycles. The number of hydrogen-bond donors (Lipinski definition) is 0. The fourth-order valence-electron chi connectivity index (χ4n) is 3.77. The molecule has 140 valence electrons. The van der Waals surface area contributed by atoms with Gasteiger partial charge in [-0.15, -0.1) is 6.42 Å². The van der Waals surface area contributed by atoms with Crippen molar-refractivity contribution in [1.29, 1.82) is 0 Å². The molecular weight excluding hydrogens is 365 g/mol. The highest BCUT2D eigenvalue weighted by Crippen LogP contribution is 2.36. The fraction of sp³-hybridized carbons (Fsp3) is 0.0833. The van der Waals surface area contributed by atoms with E-state index in [0.717, 1.165) is 16.9 Å². The molecule has 0 fully saturated rings. The number of benzene rings is 2. The highest BCUT2D eigenvalue weighted by Gasteiger charge is 2.28. The van der Waals surface area contributed by atoms with Crippen LogP contribution in [0, 0.1) is 18.2 Å². The summed E-state index contributed by atoms with van der Waals surface area (Å²) in [5.74, 6) is 2.99. The molecule has 1 aliphatic heterocycles. The van der Waals surface area contributed by atoms with Crippen LogP contribution in [0.5, 0.6) is 0 Å². The van der Waals surface area contributed by atoms with Gasteiger partial charge in [-0.1, -0.05) is 18.1 Å². The van der Waals surface area contributed by atoms with Crippen molar-refractivity contribution in [3.8, 4) is 29.5 Å². The molecule has 4 nitrogen and oxygen atoms in total. The molecule has 2 aromatic heterocycles. The van der Waals surface area contributed by atoms with Gasteiger partial charge in [0.1, 0.15) is 17.8 Å². The van der Waals surface area contributed by atoms with Crippen LogP contribution in [0.3, 0.4) is 0 Å². The number of fused-ring (bicyclic) bond motifs is 3. The molecule has 0 N–H and O–H groups in total. The number of imidazole rings is 1. The molecule has 5 rings (SSSR count). The molecule has 29 heavy (non-hydrogen) atoms. The number of aliphatic imine (C=N–C) groups is 1. The zero-order chi connectivity index (χ0) is 20.0. The van der Waals surface area contributed by atoms with Crippen LogP contribution < -0.4 is 0 Å². The average Bonchev–Trinajstić information content (AvgIpc) is 3.39. The Hall–Kier alpha value is -3.91. The summed E-state index contributed by atoms with van der Waals surface area (Å²) in [6.07, 6.45) is 8.99. The largest absolute Gasteiger partial charge is 0.463 e. The van der Waals surface area contributed by atoms with E-state index in [9.17, 15) is 4.39 Å². The van der Waals surface area contributed by atoms with E-state index >= 15 is 0 Å². The molecule has 4 aromatic rings. The monoisotopic (exact) mass is 381 g/mol. The van der Waals surface area contributed by atoms with Crippen LogP contribution >= 0.6 is 0 Å². The summed E-state index contributed by atoms with van der Waals surface area (Å²) in [4.78, 5) is 9.49. The Balaban J connectivity index is 1.83. The van der Waals surface area contributed by atoms with E-state index in [4.69, 9.17) is 15.8 Å². The first kappa shape index (κ1) is 17.2. The van der Waals surface area contributed by atoms with Gasteiger partial charge in [0.15, 0.2) is 5.76 Å². The maximum atomic E-state index is 14.7. The second-order valence-electron chi connectivity index (χ2n) is 6.84. The van der Waals surface area contributed by atoms with Gasteiger partial charge in [0.05, 0.1) is 29.4 Å². The summed E-state index contributed by atoms with van der Waals surface area (Å²) in [5.41, 5.74) is 4.91. The molecule has 0 unspecified atom stereocenters. The number of terminal acetylenes is 1. The summed E-state index contributed by atoms with van der Waals surface area (Å²) < 4.78 is 22.3. The lowest BCUT2D eigenvalue weighted by Crippen LogP contribution is -2.09. The van der Waals surface area contributed by atoms with Crippen LogP contribution in [-0.4, -0.2) is 15.3 Å². The van der Waals surface area contributed by atoms with Crippen molar-refractivity contribution >= 4 is 5.71 Å². The van der Waals surface area contributed by atoms with Gasteiger partial charge in [-0.25, -0.2) is 9.37 Å². The van der Waals surface area contributed by atoms with Crippen LogP contribution in [-0.2, 0) is 0 Å². The van der Waals surface area contributed by atoms with Gasteiger partial charge >= 0.3 is 0 Å². The molecule has 3 heterocycles. The van der Waals surface area contributed by atoms with E-state index in [1.54, 1.807) is 30.8 Å². The lowest BCUT2D eigenvalue weighted by atomic mass is 9.98. The van der Waals surface area contributed by atoms with Gasteiger partial charge < -0.3 is 4.42 Å². The third-order valence-corrected chi connectivity index (χ3v) is 5.08. The molecule has 0 spiro atoms. The SMILES string of the molecule is C#Cc1ccc2c(c1)C(c1ccccc1F)=N[C@@H](C)c1c(-c3ccco3)ncn1-2. The molecule has 5 heteroatoms. The van der Waals surface area contributed by atoms with Crippen LogP contribution in [0.15, 0.2) is 76.6 Å². The normalized spacial score (nSPS) is 15.1. The Morgan fingerprint density at radius 3 is 2.72 bits per heavy atom. The number of hydrogen-bond acceptors (Lipinski definition) is 3. The van der Waals surface area contributed by atoms with Crippen molar-refractivity contribution in [2.75, 3.05) is 0 Å². The van der Waals surface area contributed by atoms with Gasteiger partial charge in [-0.2, -0.15) is 0 Å². The molecule has 0 aliphatic carbocycles. The summed E-state index contributed by atoms with van der Waals surface area (Å²) in [5, 5.41) is 0. The Kier molecular flexibility index (Phi) is 3.92. The number of aromatic nitrogens is 2. The Bertz CT molecular complexity index is 1290. The van der Waals surface area contributed by atoms with E-state index in [0.29, 0.717) is 28.3 Å². The first-order valence-corrected chi connectivity index (χ1v) is 9.22. The highest BCUT2D eigenvalue weighted by molar-refractivity contribution is 6.15. The predicted molar refractivity (Wildman–Crippen MR) is 110 cm³/mol. The van der Waals surface area contributed by atoms with Crippen LogP contribution in [0.1, 0.15) is 35.3 Å². The Morgan fingerprint density at radius 1 is 1.10 bits per heavy atom. The molecule has 1 aliphatic rings. The lowest BCUT2D eigenvalue weighted by Gasteiger charge is -2.13. The van der Waals surface area contributed by atoms with Gasteiger partial charge in [-0.05, 0) is 49.4 Å². The molecule has 2 aromatic carbocycles. The van der Waals surface area contributed by atoms with Gasteiger partial charge in [0.2, 0.25) is 0 Å². The third-order valence-electron chi connectivity index (χ3n) is 5.08. The Morgan fingerprint density at radius 2 is 1.97 bits per heavy atom. The summed E-state index contributed by atoms with van der Waals surface area (Å²) in [6.45, 7) is 1.97. The van der Waals surface area contributed by atoms with E-state index in [1.165, 1.54) is 6.07 Å². The molecule has 0 saturated heterocycles. The first-order valence-electron chi connectivity index (χ1n) is 9.22. The van der Waals surface area contributed by atoms with Crippen molar-refractivity contribution in [2.24, 2.45) is 4.99 Å². The van der Waals surface area contributed by atoms with Gasteiger partial charge in [0.25, 0.3) is 0 Å². The molecule has 0 amide bonds. The fourth-order valence-corrected chi connectivity index (χ4v) is 3.77. The minimum absolute atomic E-state index is 0.283. The van der Waals surface area contributed by atoms with Crippen molar-refractivity contribution in [3.05, 3.63) is 95.4 Å². The second kappa shape index (κ2) is 6.61. The summed E-state index contributed by atoms with van der Waals surface area (Å²) in [6, 6.07) is 15.7. The first-order chi connectivity index (χ1) is 14.2. The third kappa shape index (κ3) is 2.69. The molecular formula is C24H16FN3O. The predicted octanol–water partition coefficient (Wildman–Crippen LogP) is 5.16. The maximum absolute atomic E-state index is 14.7. The molecule has 0 radical (unpaired) electrons. The molecule has 0 bridgehead atoms. The van der Waals surface area contributed by atoms with Crippen molar-refractivity contribution in [2.45, 2.75) is 13.0 Å².